The Balaban J connectivity index is 1.26. The topological polar surface area (TPSA) is 72.8 Å². The van der Waals surface area contributed by atoms with Crippen molar-refractivity contribution in [3.63, 3.8) is 0 Å². The molecular formula is C33H27FO5. The van der Waals surface area contributed by atoms with Gasteiger partial charge >= 0.3 is 5.97 Å². The standard InChI is InChI=1S/C33H27FO5/c1-22-32(30(35)19-23-6-3-2-4-7-23)33(22,20-31(36)37)25-10-14-27(15-11-25)38-21-24-8-5-9-29(18-24)39-28-16-12-26(34)13-17-28/h2-18H,19-21H2,1H3,(H,36,37). The Bertz CT molecular complexity index is 1520. The summed E-state index contributed by atoms with van der Waals surface area (Å²) in [5, 5.41) is 9.66. The average Bonchev–Trinajstić information content (AvgIpc) is 3.52. The van der Waals surface area contributed by atoms with Crippen molar-refractivity contribution in [1.82, 2.24) is 0 Å². The highest BCUT2D eigenvalue weighted by Crippen LogP contribution is 2.57. The number of carbonyl (C=O) groups excluding carboxylic acids is 1. The first-order chi connectivity index (χ1) is 18.8. The lowest BCUT2D eigenvalue weighted by Gasteiger charge is -2.19. The van der Waals surface area contributed by atoms with Gasteiger partial charge in [0, 0.05) is 12.0 Å². The van der Waals surface area contributed by atoms with Gasteiger partial charge in [-0.2, -0.15) is 0 Å². The van der Waals surface area contributed by atoms with Crippen molar-refractivity contribution in [3.05, 3.63) is 137 Å². The molecule has 6 heteroatoms. The molecular weight excluding hydrogens is 495 g/mol. The van der Waals surface area contributed by atoms with Gasteiger partial charge in [0.25, 0.3) is 0 Å². The summed E-state index contributed by atoms with van der Waals surface area (Å²) in [7, 11) is 0. The SMILES string of the molecule is CC1=C(C(=O)Cc2ccccc2)C1(CC(=O)O)c1ccc(OCc2cccc(Oc3ccc(F)cc3)c2)cc1. The molecule has 0 spiro atoms. The van der Waals surface area contributed by atoms with Gasteiger partial charge in [0.1, 0.15) is 29.7 Å². The lowest BCUT2D eigenvalue weighted by molar-refractivity contribution is -0.137. The normalized spacial score (nSPS) is 16.1. The number of allylic oxidation sites excluding steroid dienone is 2. The van der Waals surface area contributed by atoms with Crippen LogP contribution in [0.5, 0.6) is 17.2 Å². The summed E-state index contributed by atoms with van der Waals surface area (Å²) in [6, 6.07) is 29.9. The second-order valence-corrected chi connectivity index (χ2v) is 9.58. The van der Waals surface area contributed by atoms with Gasteiger partial charge in [0.05, 0.1) is 11.8 Å². The van der Waals surface area contributed by atoms with Crippen molar-refractivity contribution in [2.75, 3.05) is 0 Å². The van der Waals surface area contributed by atoms with Crippen LogP contribution in [-0.4, -0.2) is 16.9 Å². The molecule has 0 saturated heterocycles. The number of hydrogen-bond acceptors (Lipinski definition) is 4. The highest BCUT2D eigenvalue weighted by atomic mass is 19.1. The number of carbonyl (C=O) groups is 2. The quantitative estimate of drug-likeness (QED) is 0.228. The lowest BCUT2D eigenvalue weighted by Crippen LogP contribution is -2.21. The average molecular weight is 523 g/mol. The molecule has 5 rings (SSSR count). The first-order valence-electron chi connectivity index (χ1n) is 12.6. The zero-order valence-electron chi connectivity index (χ0n) is 21.4. The molecule has 39 heavy (non-hydrogen) atoms. The summed E-state index contributed by atoms with van der Waals surface area (Å²) >= 11 is 0. The van der Waals surface area contributed by atoms with E-state index in [9.17, 15) is 19.1 Å². The first kappa shape index (κ1) is 25.9. The molecule has 0 radical (unpaired) electrons. The molecule has 0 aliphatic heterocycles. The van der Waals surface area contributed by atoms with E-state index in [2.05, 4.69) is 0 Å². The van der Waals surface area contributed by atoms with E-state index < -0.39 is 11.4 Å². The number of aliphatic carboxylic acids is 1. The number of rotatable bonds is 11. The summed E-state index contributed by atoms with van der Waals surface area (Å²) in [6.07, 6.45) is 0.0652. The summed E-state index contributed by atoms with van der Waals surface area (Å²) in [4.78, 5) is 24.9. The summed E-state index contributed by atoms with van der Waals surface area (Å²) in [5.74, 6) is 0.419. The van der Waals surface area contributed by atoms with Crippen molar-refractivity contribution in [1.29, 1.82) is 0 Å². The number of carboxylic acid groups (broad SMARTS) is 1. The van der Waals surface area contributed by atoms with Crippen LogP contribution in [0.15, 0.2) is 114 Å². The van der Waals surface area contributed by atoms with Crippen LogP contribution in [0.25, 0.3) is 0 Å². The third kappa shape index (κ3) is 5.75. The van der Waals surface area contributed by atoms with Crippen molar-refractivity contribution >= 4 is 11.8 Å². The third-order valence-electron chi connectivity index (χ3n) is 6.98. The Kier molecular flexibility index (Phi) is 7.28. The molecule has 4 aromatic rings. The molecule has 196 valence electrons. The molecule has 0 bridgehead atoms. The van der Waals surface area contributed by atoms with E-state index in [-0.39, 0.29) is 24.4 Å². The van der Waals surface area contributed by atoms with E-state index in [0.29, 0.717) is 29.4 Å². The van der Waals surface area contributed by atoms with Gasteiger partial charge in [-0.25, -0.2) is 4.39 Å². The first-order valence-corrected chi connectivity index (χ1v) is 12.6. The molecule has 0 saturated carbocycles. The molecule has 0 fully saturated rings. The van der Waals surface area contributed by atoms with Crippen LogP contribution >= 0.6 is 0 Å². The fraction of sp³-hybridized carbons (Fsp3) is 0.152. The maximum Gasteiger partial charge on any atom is 0.304 e. The van der Waals surface area contributed by atoms with E-state index in [0.717, 1.165) is 22.3 Å². The minimum Gasteiger partial charge on any atom is -0.489 e. The molecule has 4 aromatic carbocycles. The predicted molar refractivity (Wildman–Crippen MR) is 145 cm³/mol. The smallest absolute Gasteiger partial charge is 0.304 e. The zero-order valence-corrected chi connectivity index (χ0v) is 21.4. The number of benzene rings is 4. The Labute approximate surface area is 226 Å². The summed E-state index contributed by atoms with van der Waals surface area (Å²) in [5.41, 5.74) is 3.05. The molecule has 5 nitrogen and oxygen atoms in total. The maximum atomic E-state index is 13.1. The maximum absolute atomic E-state index is 13.1. The Morgan fingerprint density at radius 3 is 2.15 bits per heavy atom. The summed E-state index contributed by atoms with van der Waals surface area (Å²) < 4.78 is 24.9. The largest absolute Gasteiger partial charge is 0.489 e. The molecule has 0 heterocycles. The monoisotopic (exact) mass is 522 g/mol. The second kappa shape index (κ2) is 11.0. The molecule has 1 aliphatic carbocycles. The van der Waals surface area contributed by atoms with Crippen molar-refractivity contribution in [2.45, 2.75) is 31.8 Å². The van der Waals surface area contributed by atoms with Gasteiger partial charge < -0.3 is 14.6 Å². The van der Waals surface area contributed by atoms with Gasteiger partial charge in [-0.1, -0.05) is 54.6 Å². The van der Waals surface area contributed by atoms with Crippen molar-refractivity contribution in [3.8, 4) is 17.2 Å². The number of carboxylic acids is 1. The zero-order chi connectivity index (χ0) is 27.4. The highest BCUT2D eigenvalue weighted by Gasteiger charge is 2.55. The van der Waals surface area contributed by atoms with E-state index in [1.54, 1.807) is 24.3 Å². The molecule has 1 unspecified atom stereocenters. The fourth-order valence-corrected chi connectivity index (χ4v) is 5.03. The fourth-order valence-electron chi connectivity index (χ4n) is 5.03. The Morgan fingerprint density at radius 1 is 0.795 bits per heavy atom. The van der Waals surface area contributed by atoms with E-state index >= 15 is 0 Å². The van der Waals surface area contributed by atoms with E-state index in [1.807, 2.05) is 73.7 Å². The van der Waals surface area contributed by atoms with Crippen molar-refractivity contribution in [2.24, 2.45) is 0 Å². The Morgan fingerprint density at radius 2 is 1.46 bits per heavy atom. The van der Waals surface area contributed by atoms with Crippen molar-refractivity contribution < 1.29 is 28.6 Å². The van der Waals surface area contributed by atoms with Gasteiger partial charge in [-0.05, 0) is 77.7 Å². The summed E-state index contributed by atoms with van der Waals surface area (Å²) in [6.45, 7) is 2.13. The second-order valence-electron chi connectivity index (χ2n) is 9.58. The Hall–Kier alpha value is -4.71. The number of halogens is 1. The van der Waals surface area contributed by atoms with Crippen LogP contribution < -0.4 is 9.47 Å². The molecule has 1 aliphatic rings. The molecule has 0 amide bonds. The van der Waals surface area contributed by atoms with E-state index in [1.165, 1.54) is 12.1 Å². The van der Waals surface area contributed by atoms with Crippen LogP contribution in [-0.2, 0) is 28.0 Å². The molecule has 0 aromatic heterocycles. The van der Waals surface area contributed by atoms with Crippen LogP contribution in [0.2, 0.25) is 0 Å². The number of hydrogen-bond donors (Lipinski definition) is 1. The lowest BCUT2D eigenvalue weighted by atomic mass is 9.83. The van der Waals surface area contributed by atoms with Gasteiger partial charge in [0.2, 0.25) is 0 Å². The van der Waals surface area contributed by atoms with Gasteiger partial charge in [-0.15, -0.1) is 0 Å². The van der Waals surface area contributed by atoms with Crippen LogP contribution in [0.4, 0.5) is 4.39 Å². The minimum absolute atomic E-state index is 0.0528. The van der Waals surface area contributed by atoms with Gasteiger partial charge in [-0.3, -0.25) is 9.59 Å². The molecule has 1 N–H and O–H groups in total. The molecule has 1 atom stereocenters. The third-order valence-corrected chi connectivity index (χ3v) is 6.98. The highest BCUT2D eigenvalue weighted by molar-refractivity contribution is 6.07. The van der Waals surface area contributed by atoms with Gasteiger partial charge in [0.15, 0.2) is 5.78 Å². The number of ketones is 1. The predicted octanol–water partition coefficient (Wildman–Crippen LogP) is 7.05. The van der Waals surface area contributed by atoms with E-state index in [4.69, 9.17) is 9.47 Å². The minimum atomic E-state index is -0.958. The number of Topliss-reactive ketones (excluding diaryl/α,β-unsaturated/α-hetero) is 1. The number of ether oxygens (including phenoxy) is 2. The van der Waals surface area contributed by atoms with Crippen LogP contribution in [0, 0.1) is 5.82 Å². The van der Waals surface area contributed by atoms with Crippen LogP contribution in [0.3, 0.4) is 0 Å². The van der Waals surface area contributed by atoms with Crippen LogP contribution in [0.1, 0.15) is 30.0 Å².